The number of carbonyl (C=O) groups excluding carboxylic acids is 1. The number of hydrogen-bond acceptors (Lipinski definition) is 6. The summed E-state index contributed by atoms with van der Waals surface area (Å²) in [4.78, 5) is 12.2. The van der Waals surface area contributed by atoms with Crippen LogP contribution in [0.15, 0.2) is 40.4 Å². The van der Waals surface area contributed by atoms with Gasteiger partial charge in [0.1, 0.15) is 12.1 Å². The molecule has 0 saturated carbocycles. The highest BCUT2D eigenvalue weighted by Crippen LogP contribution is 2.22. The number of aliphatic hydroxyl groups excluding tert-OH is 1. The standard InChI is InChI=1S/C20H20N4O3/c1-20(2,3)10-16-9-18(27-24-16)23-17(25)8-13-4-6-14(7-5-13)19(26)15(11-21)12-22/h4-7,9,26H,8,10H2,1-3H3,(H,23,25). The largest absolute Gasteiger partial charge is 0.505 e. The molecule has 7 heteroatoms. The number of anilines is 1. The number of aliphatic hydroxyl groups is 1. The summed E-state index contributed by atoms with van der Waals surface area (Å²) in [5.41, 5.74) is 1.51. The third-order valence-electron chi connectivity index (χ3n) is 3.59. The van der Waals surface area contributed by atoms with E-state index in [-0.39, 0.29) is 29.1 Å². The number of rotatable bonds is 5. The van der Waals surface area contributed by atoms with Crippen LogP contribution in [0.25, 0.3) is 5.76 Å². The molecule has 0 fully saturated rings. The van der Waals surface area contributed by atoms with Gasteiger partial charge in [-0.2, -0.15) is 10.5 Å². The van der Waals surface area contributed by atoms with Crippen LogP contribution in [0.1, 0.15) is 37.6 Å². The van der Waals surface area contributed by atoms with Crippen LogP contribution in [0.3, 0.4) is 0 Å². The summed E-state index contributed by atoms with van der Waals surface area (Å²) in [6.07, 6.45) is 0.835. The molecule has 1 heterocycles. The molecule has 0 aliphatic rings. The van der Waals surface area contributed by atoms with E-state index in [2.05, 4.69) is 31.2 Å². The van der Waals surface area contributed by atoms with E-state index in [1.807, 2.05) is 0 Å². The number of benzene rings is 1. The van der Waals surface area contributed by atoms with Gasteiger partial charge in [0.2, 0.25) is 11.8 Å². The minimum absolute atomic E-state index is 0.0663. The minimum Gasteiger partial charge on any atom is -0.505 e. The Morgan fingerprint density at radius 2 is 1.85 bits per heavy atom. The van der Waals surface area contributed by atoms with Crippen molar-refractivity contribution >= 4 is 17.6 Å². The molecular weight excluding hydrogens is 344 g/mol. The maximum atomic E-state index is 12.2. The van der Waals surface area contributed by atoms with E-state index in [0.29, 0.717) is 17.0 Å². The number of allylic oxidation sites excluding steroid dienone is 1. The summed E-state index contributed by atoms with van der Waals surface area (Å²) >= 11 is 0. The van der Waals surface area contributed by atoms with Crippen LogP contribution >= 0.6 is 0 Å². The lowest BCUT2D eigenvalue weighted by atomic mass is 9.91. The zero-order valence-electron chi connectivity index (χ0n) is 15.4. The van der Waals surface area contributed by atoms with Gasteiger partial charge in [-0.3, -0.25) is 10.1 Å². The fraction of sp³-hybridized carbons (Fsp3) is 0.300. The van der Waals surface area contributed by atoms with Gasteiger partial charge in [0.25, 0.3) is 0 Å². The van der Waals surface area contributed by atoms with E-state index in [1.54, 1.807) is 42.5 Å². The number of hydrogen-bond donors (Lipinski definition) is 2. The van der Waals surface area contributed by atoms with E-state index >= 15 is 0 Å². The Kier molecular flexibility index (Phi) is 5.99. The maximum Gasteiger partial charge on any atom is 0.231 e. The Hall–Kier alpha value is -3.58. The third-order valence-corrected chi connectivity index (χ3v) is 3.59. The lowest BCUT2D eigenvalue weighted by Crippen LogP contribution is -2.14. The number of carbonyl (C=O) groups is 1. The van der Waals surface area contributed by atoms with Crippen molar-refractivity contribution in [2.75, 3.05) is 5.32 Å². The fourth-order valence-electron chi connectivity index (χ4n) is 2.42. The molecule has 0 radical (unpaired) electrons. The van der Waals surface area contributed by atoms with Crippen LogP contribution in [0.5, 0.6) is 0 Å². The molecule has 7 nitrogen and oxygen atoms in total. The Balaban J connectivity index is 2.00. The molecule has 2 aromatic rings. The Morgan fingerprint density at radius 1 is 1.22 bits per heavy atom. The molecular formula is C20H20N4O3. The van der Waals surface area contributed by atoms with Crippen molar-refractivity contribution in [3.63, 3.8) is 0 Å². The van der Waals surface area contributed by atoms with Gasteiger partial charge in [0.05, 0.1) is 12.1 Å². The van der Waals surface area contributed by atoms with Crippen molar-refractivity contribution in [3.8, 4) is 12.1 Å². The van der Waals surface area contributed by atoms with E-state index in [9.17, 15) is 9.90 Å². The average molecular weight is 364 g/mol. The molecule has 0 bridgehead atoms. The highest BCUT2D eigenvalue weighted by molar-refractivity contribution is 5.91. The van der Waals surface area contributed by atoms with E-state index in [4.69, 9.17) is 15.0 Å². The van der Waals surface area contributed by atoms with Crippen LogP contribution in [0.2, 0.25) is 0 Å². The second-order valence-corrected chi connectivity index (χ2v) is 7.29. The third kappa shape index (κ3) is 5.72. The summed E-state index contributed by atoms with van der Waals surface area (Å²) in [6, 6.07) is 11.3. The van der Waals surface area contributed by atoms with Gasteiger partial charge in [-0.15, -0.1) is 0 Å². The van der Waals surface area contributed by atoms with Crippen molar-refractivity contribution in [3.05, 3.63) is 52.7 Å². The molecule has 1 amide bonds. The molecule has 1 aromatic heterocycles. The second kappa shape index (κ2) is 8.20. The van der Waals surface area contributed by atoms with E-state index in [0.717, 1.165) is 12.1 Å². The summed E-state index contributed by atoms with van der Waals surface area (Å²) in [6.45, 7) is 6.27. The predicted octanol–water partition coefficient (Wildman–Crippen LogP) is 3.76. The first-order valence-electron chi connectivity index (χ1n) is 8.30. The summed E-state index contributed by atoms with van der Waals surface area (Å²) in [7, 11) is 0. The molecule has 0 aliphatic carbocycles. The van der Waals surface area contributed by atoms with Crippen molar-refractivity contribution in [1.29, 1.82) is 10.5 Å². The van der Waals surface area contributed by atoms with Crippen molar-refractivity contribution in [2.45, 2.75) is 33.6 Å². The number of nitriles is 2. The lowest BCUT2D eigenvalue weighted by molar-refractivity contribution is -0.115. The second-order valence-electron chi connectivity index (χ2n) is 7.29. The van der Waals surface area contributed by atoms with Crippen LogP contribution in [0.4, 0.5) is 5.88 Å². The summed E-state index contributed by atoms with van der Waals surface area (Å²) in [5, 5.41) is 34.0. The average Bonchev–Trinajstić information content (AvgIpc) is 3.01. The van der Waals surface area contributed by atoms with Gasteiger partial charge in [-0.05, 0) is 17.4 Å². The Morgan fingerprint density at radius 3 is 2.41 bits per heavy atom. The number of nitrogens with one attached hydrogen (secondary N) is 1. The van der Waals surface area contributed by atoms with Gasteiger partial charge in [-0.25, -0.2) is 0 Å². The SMILES string of the molecule is CC(C)(C)Cc1cc(NC(=O)Cc2ccc(C(O)=C(C#N)C#N)cc2)on1. The molecule has 0 unspecified atom stereocenters. The van der Waals surface area contributed by atoms with Crippen LogP contribution in [-0.4, -0.2) is 16.2 Å². The van der Waals surface area contributed by atoms with Crippen LogP contribution < -0.4 is 5.32 Å². The van der Waals surface area contributed by atoms with Crippen molar-refractivity contribution in [2.24, 2.45) is 5.41 Å². The number of aromatic nitrogens is 1. The normalized spacial score (nSPS) is 10.6. The number of nitrogens with zero attached hydrogens (tertiary/aromatic N) is 3. The zero-order valence-corrected chi connectivity index (χ0v) is 15.4. The predicted molar refractivity (Wildman–Crippen MR) is 99.2 cm³/mol. The molecule has 1 aromatic carbocycles. The lowest BCUT2D eigenvalue weighted by Gasteiger charge is -2.14. The zero-order chi connectivity index (χ0) is 20.0. The summed E-state index contributed by atoms with van der Waals surface area (Å²) in [5.74, 6) is -0.358. The number of amides is 1. The maximum absolute atomic E-state index is 12.2. The van der Waals surface area contributed by atoms with E-state index < -0.39 is 0 Å². The summed E-state index contributed by atoms with van der Waals surface area (Å²) < 4.78 is 5.14. The van der Waals surface area contributed by atoms with Crippen molar-refractivity contribution in [1.82, 2.24) is 5.16 Å². The molecule has 0 atom stereocenters. The smallest absolute Gasteiger partial charge is 0.231 e. The molecule has 2 rings (SSSR count). The quantitative estimate of drug-likeness (QED) is 0.615. The van der Waals surface area contributed by atoms with Crippen molar-refractivity contribution < 1.29 is 14.4 Å². The first-order valence-corrected chi connectivity index (χ1v) is 8.30. The van der Waals surface area contributed by atoms with E-state index in [1.165, 1.54) is 0 Å². The molecule has 0 aliphatic heterocycles. The monoisotopic (exact) mass is 364 g/mol. The van der Waals surface area contributed by atoms with Crippen LogP contribution in [0, 0.1) is 28.1 Å². The van der Waals surface area contributed by atoms with Crippen LogP contribution in [-0.2, 0) is 17.6 Å². The first-order chi connectivity index (χ1) is 12.7. The van der Waals surface area contributed by atoms with Gasteiger partial charge in [-0.1, -0.05) is 50.2 Å². The highest BCUT2D eigenvalue weighted by Gasteiger charge is 2.16. The first kappa shape index (κ1) is 19.7. The highest BCUT2D eigenvalue weighted by atomic mass is 16.5. The fourth-order valence-corrected chi connectivity index (χ4v) is 2.42. The van der Waals surface area contributed by atoms with Gasteiger partial charge in [0.15, 0.2) is 11.3 Å². The van der Waals surface area contributed by atoms with Gasteiger partial charge >= 0.3 is 0 Å². The molecule has 0 spiro atoms. The Bertz CT molecular complexity index is 919. The molecule has 0 saturated heterocycles. The molecule has 27 heavy (non-hydrogen) atoms. The topological polar surface area (TPSA) is 123 Å². The van der Waals surface area contributed by atoms with Gasteiger partial charge < -0.3 is 9.63 Å². The molecule has 2 N–H and O–H groups in total. The molecule has 138 valence electrons. The Labute approximate surface area is 157 Å². The minimum atomic E-state index is -0.385. The van der Waals surface area contributed by atoms with Gasteiger partial charge in [0, 0.05) is 11.6 Å².